The second kappa shape index (κ2) is 5.29. The van der Waals surface area contributed by atoms with E-state index in [1.807, 2.05) is 42.2 Å². The Labute approximate surface area is 148 Å². The zero-order valence-electron chi connectivity index (χ0n) is 13.4. The lowest BCUT2D eigenvalue weighted by atomic mass is 10.1. The Kier molecular flexibility index (Phi) is 3.05. The smallest absolute Gasteiger partial charge is 0.160 e. The van der Waals surface area contributed by atoms with Crippen molar-refractivity contribution in [3.8, 4) is 17.1 Å². The molecule has 4 heterocycles. The molecule has 0 radical (unpaired) electrons. The molecule has 0 spiro atoms. The van der Waals surface area contributed by atoms with Gasteiger partial charge in [-0.05, 0) is 31.2 Å². The van der Waals surface area contributed by atoms with Crippen LogP contribution in [0.15, 0.2) is 36.8 Å². The van der Waals surface area contributed by atoms with E-state index in [0.29, 0.717) is 18.0 Å². The molecular formula is C17H14ClN7. The van der Waals surface area contributed by atoms with Crippen LogP contribution in [0.3, 0.4) is 0 Å². The number of hydrogen-bond donors (Lipinski definition) is 1. The number of nitrogens with zero attached hydrogens (tertiary/aromatic N) is 6. The normalized spacial score (nSPS) is 12.4. The van der Waals surface area contributed by atoms with Crippen LogP contribution in [-0.2, 0) is 13.0 Å². The number of H-pyrrole nitrogens is 1. The number of imidazole rings is 1. The summed E-state index contributed by atoms with van der Waals surface area (Å²) in [6.07, 6.45) is 4.18. The van der Waals surface area contributed by atoms with Gasteiger partial charge in [0.2, 0.25) is 0 Å². The quantitative estimate of drug-likeness (QED) is 0.530. The average molecular weight is 352 g/mol. The van der Waals surface area contributed by atoms with E-state index >= 15 is 0 Å². The lowest BCUT2D eigenvalue weighted by Gasteiger charge is -2.08. The molecule has 0 atom stereocenters. The third kappa shape index (κ3) is 2.27. The van der Waals surface area contributed by atoms with Crippen LogP contribution in [0.25, 0.3) is 17.1 Å². The Balaban J connectivity index is 1.70. The largest absolute Gasteiger partial charge is 0.300 e. The molecule has 0 unspecified atom stereocenters. The third-order valence-electron chi connectivity index (χ3n) is 4.46. The van der Waals surface area contributed by atoms with Crippen LogP contribution in [0, 0.1) is 6.92 Å². The van der Waals surface area contributed by atoms with Crippen LogP contribution in [-0.4, -0.2) is 34.5 Å². The lowest BCUT2D eigenvalue weighted by Crippen LogP contribution is -2.06. The molecule has 4 aromatic rings. The van der Waals surface area contributed by atoms with E-state index in [1.165, 1.54) is 0 Å². The predicted octanol–water partition coefficient (Wildman–Crippen LogP) is 2.77. The molecule has 0 saturated carbocycles. The van der Waals surface area contributed by atoms with Crippen molar-refractivity contribution < 1.29 is 0 Å². The molecule has 0 saturated heterocycles. The first-order valence-corrected chi connectivity index (χ1v) is 8.32. The van der Waals surface area contributed by atoms with E-state index in [1.54, 1.807) is 6.20 Å². The maximum atomic E-state index is 6.26. The molecule has 0 amide bonds. The molecule has 25 heavy (non-hydrogen) atoms. The van der Waals surface area contributed by atoms with Crippen molar-refractivity contribution in [3.05, 3.63) is 64.7 Å². The molecule has 7 nitrogen and oxygen atoms in total. The van der Waals surface area contributed by atoms with Crippen molar-refractivity contribution in [3.63, 3.8) is 0 Å². The Hall–Kier alpha value is -2.93. The number of halogens is 1. The summed E-state index contributed by atoms with van der Waals surface area (Å²) in [5.74, 6) is 1.56. The number of rotatable bonds is 2. The van der Waals surface area contributed by atoms with Gasteiger partial charge in [0.15, 0.2) is 11.6 Å². The highest BCUT2D eigenvalue weighted by Crippen LogP contribution is 2.33. The minimum atomic E-state index is 0.605. The minimum absolute atomic E-state index is 0.605. The summed E-state index contributed by atoms with van der Waals surface area (Å²) in [6.45, 7) is 2.62. The van der Waals surface area contributed by atoms with Gasteiger partial charge in [0.1, 0.15) is 0 Å². The molecule has 8 heteroatoms. The van der Waals surface area contributed by atoms with Crippen molar-refractivity contribution >= 4 is 11.6 Å². The first-order valence-electron chi connectivity index (χ1n) is 7.94. The molecule has 1 aromatic carbocycles. The number of aromatic nitrogens is 7. The second-order valence-corrected chi connectivity index (χ2v) is 6.51. The van der Waals surface area contributed by atoms with Gasteiger partial charge in [-0.15, -0.1) is 0 Å². The van der Waals surface area contributed by atoms with Crippen molar-refractivity contribution in [1.82, 2.24) is 34.5 Å². The fourth-order valence-electron chi connectivity index (χ4n) is 3.23. The predicted molar refractivity (Wildman–Crippen MR) is 92.8 cm³/mol. The Bertz CT molecular complexity index is 1070. The number of aromatic amines is 1. The summed E-state index contributed by atoms with van der Waals surface area (Å²) in [5.41, 5.74) is 5.03. The monoisotopic (exact) mass is 351 g/mol. The van der Waals surface area contributed by atoms with E-state index < -0.39 is 0 Å². The molecule has 3 aromatic heterocycles. The number of benzene rings is 1. The maximum Gasteiger partial charge on any atom is 0.160 e. The number of fused-ring (bicyclic) bond motifs is 5. The summed E-state index contributed by atoms with van der Waals surface area (Å²) < 4.78 is 4.01. The average Bonchev–Trinajstić information content (AvgIpc) is 3.30. The SMILES string of the molecule is Cc1ncn2c1Cn1nc(Cc3ccn[nH]3)nc1-c1cc(Cl)ccc1-2. The highest BCUT2D eigenvalue weighted by molar-refractivity contribution is 6.31. The van der Waals surface area contributed by atoms with Gasteiger partial charge < -0.3 is 4.57 Å². The van der Waals surface area contributed by atoms with Crippen LogP contribution in [0.4, 0.5) is 0 Å². The summed E-state index contributed by atoms with van der Waals surface area (Å²) >= 11 is 6.26. The van der Waals surface area contributed by atoms with Gasteiger partial charge in [-0.2, -0.15) is 10.2 Å². The van der Waals surface area contributed by atoms with Crippen molar-refractivity contribution in [2.75, 3.05) is 0 Å². The highest BCUT2D eigenvalue weighted by atomic mass is 35.5. The highest BCUT2D eigenvalue weighted by Gasteiger charge is 2.24. The first-order chi connectivity index (χ1) is 12.2. The van der Waals surface area contributed by atoms with E-state index in [-0.39, 0.29) is 0 Å². The Morgan fingerprint density at radius 3 is 3.04 bits per heavy atom. The summed E-state index contributed by atoms with van der Waals surface area (Å²) in [5, 5.41) is 12.3. The summed E-state index contributed by atoms with van der Waals surface area (Å²) in [4.78, 5) is 9.23. The zero-order valence-corrected chi connectivity index (χ0v) is 14.2. The molecule has 0 bridgehead atoms. The topological polar surface area (TPSA) is 77.2 Å². The molecule has 1 N–H and O–H groups in total. The van der Waals surface area contributed by atoms with Gasteiger partial charge in [-0.3, -0.25) is 5.10 Å². The third-order valence-corrected chi connectivity index (χ3v) is 4.69. The zero-order chi connectivity index (χ0) is 17.0. The number of hydrogen-bond acceptors (Lipinski definition) is 4. The molecule has 1 aliphatic heterocycles. The van der Waals surface area contributed by atoms with Crippen molar-refractivity contribution in [2.45, 2.75) is 19.9 Å². The number of aryl methyl sites for hydroxylation is 1. The summed E-state index contributed by atoms with van der Waals surface area (Å²) in [6, 6.07) is 7.75. The molecule has 124 valence electrons. The van der Waals surface area contributed by atoms with Crippen LogP contribution in [0.1, 0.15) is 22.9 Å². The van der Waals surface area contributed by atoms with Gasteiger partial charge in [-0.25, -0.2) is 14.6 Å². The Morgan fingerprint density at radius 1 is 1.28 bits per heavy atom. The van der Waals surface area contributed by atoms with E-state index in [9.17, 15) is 0 Å². The van der Waals surface area contributed by atoms with Gasteiger partial charge in [-0.1, -0.05) is 11.6 Å². The van der Waals surface area contributed by atoms with Gasteiger partial charge in [0, 0.05) is 22.5 Å². The van der Waals surface area contributed by atoms with Crippen molar-refractivity contribution in [1.29, 1.82) is 0 Å². The van der Waals surface area contributed by atoms with Gasteiger partial charge in [0.25, 0.3) is 0 Å². The maximum absolute atomic E-state index is 6.26. The minimum Gasteiger partial charge on any atom is -0.300 e. The van der Waals surface area contributed by atoms with E-state index in [2.05, 4.69) is 19.7 Å². The van der Waals surface area contributed by atoms with Crippen LogP contribution in [0.2, 0.25) is 5.02 Å². The lowest BCUT2D eigenvalue weighted by molar-refractivity contribution is 0.663. The standard InChI is InChI=1S/C17H14ClN7/c1-10-15-8-25-17(21-16(23-25)7-12-4-5-20-22-12)13-6-11(18)2-3-14(13)24(15)9-19-10/h2-6,9H,7-8H2,1H3,(H,20,22). The molecule has 1 aliphatic rings. The molecule has 5 rings (SSSR count). The van der Waals surface area contributed by atoms with E-state index in [4.69, 9.17) is 21.7 Å². The first kappa shape index (κ1) is 14.4. The molecule has 0 aliphatic carbocycles. The van der Waals surface area contributed by atoms with Crippen molar-refractivity contribution in [2.24, 2.45) is 0 Å². The van der Waals surface area contributed by atoms with Crippen LogP contribution >= 0.6 is 11.6 Å². The van der Waals surface area contributed by atoms with Gasteiger partial charge in [0.05, 0.1) is 36.4 Å². The fraction of sp³-hybridized carbons (Fsp3) is 0.176. The van der Waals surface area contributed by atoms with Crippen LogP contribution < -0.4 is 0 Å². The van der Waals surface area contributed by atoms with E-state index in [0.717, 1.165) is 40.0 Å². The summed E-state index contributed by atoms with van der Waals surface area (Å²) in [7, 11) is 0. The fourth-order valence-corrected chi connectivity index (χ4v) is 3.40. The molecule has 0 fully saturated rings. The Morgan fingerprint density at radius 2 is 2.20 bits per heavy atom. The number of nitrogens with one attached hydrogen (secondary N) is 1. The van der Waals surface area contributed by atoms with Crippen LogP contribution in [0.5, 0.6) is 0 Å². The second-order valence-electron chi connectivity index (χ2n) is 6.08. The van der Waals surface area contributed by atoms with Gasteiger partial charge >= 0.3 is 0 Å². The molecular weight excluding hydrogens is 338 g/mol.